The van der Waals surface area contributed by atoms with Gasteiger partial charge in [-0.05, 0) is 17.5 Å². The van der Waals surface area contributed by atoms with Gasteiger partial charge < -0.3 is 14.6 Å². The van der Waals surface area contributed by atoms with E-state index in [1.54, 1.807) is 6.07 Å². The minimum Gasteiger partial charge on any atom is -0.468 e. The highest BCUT2D eigenvalue weighted by atomic mass is 19.4. The Hall–Kier alpha value is -4.03. The number of benzene rings is 1. The number of ether oxygens (including phenoxy) is 1. The van der Waals surface area contributed by atoms with Crippen molar-refractivity contribution in [3.8, 4) is 17.3 Å². The van der Waals surface area contributed by atoms with Gasteiger partial charge in [-0.2, -0.15) is 18.2 Å². The molecule has 1 amide bonds. The van der Waals surface area contributed by atoms with Crippen molar-refractivity contribution in [3.05, 3.63) is 63.6 Å². The van der Waals surface area contributed by atoms with Gasteiger partial charge in [0.25, 0.3) is 17.5 Å². The minimum atomic E-state index is -4.47. The molecule has 0 aliphatic heterocycles. The summed E-state index contributed by atoms with van der Waals surface area (Å²) in [6.45, 7) is 4.22. The highest BCUT2D eigenvalue weighted by molar-refractivity contribution is 5.95. The van der Waals surface area contributed by atoms with E-state index < -0.39 is 29.0 Å². The van der Waals surface area contributed by atoms with E-state index >= 15 is 0 Å². The van der Waals surface area contributed by atoms with Crippen molar-refractivity contribution >= 4 is 11.6 Å². The van der Waals surface area contributed by atoms with Crippen LogP contribution in [-0.4, -0.2) is 45.3 Å². The van der Waals surface area contributed by atoms with Crippen molar-refractivity contribution < 1.29 is 32.1 Å². The highest BCUT2D eigenvalue weighted by Gasteiger charge is 2.29. The first-order chi connectivity index (χ1) is 16.3. The van der Waals surface area contributed by atoms with E-state index in [1.807, 2.05) is 20.8 Å². The number of hydrogen-bond acceptors (Lipinski definition) is 8. The van der Waals surface area contributed by atoms with E-state index in [1.165, 1.54) is 30.5 Å². The molecule has 2 heterocycles. The average Bonchev–Trinajstić information content (AvgIpc) is 3.25. The van der Waals surface area contributed by atoms with Crippen LogP contribution in [0, 0.1) is 10.1 Å². The maximum absolute atomic E-state index is 12.5. The monoisotopic (exact) mass is 493 g/mol. The fourth-order valence-electron chi connectivity index (χ4n) is 3.07. The molecule has 1 N–H and O–H groups in total. The van der Waals surface area contributed by atoms with Crippen molar-refractivity contribution in [2.24, 2.45) is 0 Å². The summed E-state index contributed by atoms with van der Waals surface area (Å²) in [7, 11) is 0. The molecule has 0 bridgehead atoms. The first kappa shape index (κ1) is 25.6. The van der Waals surface area contributed by atoms with Crippen molar-refractivity contribution in [3.63, 3.8) is 0 Å². The Morgan fingerprint density at radius 2 is 1.94 bits per heavy atom. The molecular formula is C22H22F3N5O5. The maximum atomic E-state index is 12.5. The van der Waals surface area contributed by atoms with Crippen molar-refractivity contribution in [2.75, 3.05) is 13.2 Å². The quantitative estimate of drug-likeness (QED) is 0.364. The number of amides is 1. The summed E-state index contributed by atoms with van der Waals surface area (Å²) in [5, 5.41) is 17.9. The molecule has 13 heteroatoms. The lowest BCUT2D eigenvalue weighted by atomic mass is 9.85. The molecule has 10 nitrogen and oxygen atoms in total. The zero-order valence-electron chi connectivity index (χ0n) is 19.0. The van der Waals surface area contributed by atoms with Crippen LogP contribution in [0.15, 0.2) is 41.1 Å². The van der Waals surface area contributed by atoms with Crippen molar-refractivity contribution in [2.45, 2.75) is 38.8 Å². The van der Waals surface area contributed by atoms with Gasteiger partial charge in [-0.3, -0.25) is 14.9 Å². The van der Waals surface area contributed by atoms with E-state index in [0.29, 0.717) is 11.1 Å². The van der Waals surface area contributed by atoms with Crippen LogP contribution in [-0.2, 0) is 11.8 Å². The third-order valence-electron chi connectivity index (χ3n) is 4.73. The molecular weight excluding hydrogens is 471 g/mol. The molecule has 0 aliphatic carbocycles. The summed E-state index contributed by atoms with van der Waals surface area (Å²) < 4.78 is 46.3. The van der Waals surface area contributed by atoms with E-state index in [-0.39, 0.29) is 41.8 Å². The number of pyridine rings is 1. The highest BCUT2D eigenvalue weighted by Crippen LogP contribution is 2.31. The van der Waals surface area contributed by atoms with Gasteiger partial charge in [0.05, 0.1) is 10.5 Å². The second-order valence-electron chi connectivity index (χ2n) is 8.55. The van der Waals surface area contributed by atoms with Gasteiger partial charge in [0.2, 0.25) is 5.88 Å². The normalized spacial score (nSPS) is 11.8. The molecule has 0 atom stereocenters. The number of hydrogen-bond donors (Lipinski definition) is 1. The zero-order chi connectivity index (χ0) is 25.8. The summed E-state index contributed by atoms with van der Waals surface area (Å²) in [6, 6.07) is 7.02. The minimum absolute atomic E-state index is 0.0922. The van der Waals surface area contributed by atoms with Gasteiger partial charge in [-0.25, -0.2) is 4.98 Å². The number of carbonyl (C=O) groups is 1. The first-order valence-corrected chi connectivity index (χ1v) is 10.4. The molecule has 0 fully saturated rings. The maximum Gasteiger partial charge on any atom is 0.422 e. The third kappa shape index (κ3) is 6.98. The molecule has 0 saturated heterocycles. The molecule has 186 valence electrons. The third-order valence-corrected chi connectivity index (χ3v) is 4.73. The number of nitrogens with zero attached hydrogens (tertiary/aromatic N) is 4. The summed E-state index contributed by atoms with van der Waals surface area (Å²) in [6.07, 6.45) is -3.03. The molecule has 3 rings (SSSR count). The van der Waals surface area contributed by atoms with Gasteiger partial charge in [-0.1, -0.05) is 32.0 Å². The Morgan fingerprint density at radius 3 is 2.54 bits per heavy atom. The smallest absolute Gasteiger partial charge is 0.422 e. The van der Waals surface area contributed by atoms with Crippen molar-refractivity contribution in [1.29, 1.82) is 0 Å². The van der Waals surface area contributed by atoms with Crippen LogP contribution >= 0.6 is 0 Å². The fraction of sp³-hybridized carbons (Fsp3) is 0.364. The Labute approximate surface area is 197 Å². The Morgan fingerprint density at radius 1 is 1.20 bits per heavy atom. The Balaban J connectivity index is 1.57. The molecule has 0 spiro atoms. The van der Waals surface area contributed by atoms with Gasteiger partial charge in [0, 0.05) is 42.4 Å². The van der Waals surface area contributed by atoms with E-state index in [9.17, 15) is 28.1 Å². The summed E-state index contributed by atoms with van der Waals surface area (Å²) >= 11 is 0. The van der Waals surface area contributed by atoms with Crippen LogP contribution < -0.4 is 10.1 Å². The number of alkyl halides is 3. The molecule has 0 saturated carbocycles. The van der Waals surface area contributed by atoms with E-state index in [0.717, 1.165) is 0 Å². The van der Waals surface area contributed by atoms with Crippen LogP contribution in [0.4, 0.5) is 18.9 Å². The average molecular weight is 493 g/mol. The largest absolute Gasteiger partial charge is 0.468 e. The first-order valence-electron chi connectivity index (χ1n) is 10.4. The Kier molecular flexibility index (Phi) is 7.37. The second-order valence-corrected chi connectivity index (χ2v) is 8.55. The molecule has 0 radical (unpaired) electrons. The summed E-state index contributed by atoms with van der Waals surface area (Å²) in [5.74, 6) is -0.332. The Bertz CT molecular complexity index is 1200. The number of halogens is 3. The number of nitro benzene ring substituents is 1. The number of nitro groups is 1. The van der Waals surface area contributed by atoms with Crippen LogP contribution in [0.3, 0.4) is 0 Å². The number of carbonyl (C=O) groups excluding carboxylic acids is 1. The topological polar surface area (TPSA) is 133 Å². The standard InChI is InChI=1S/C22H22F3N5O5/c1-21(2,3)15-6-4-13(10-16(15)30(32)33)19(31)26-9-8-17-28-20(35-29-17)14-5-7-18(27-11-14)34-12-22(23,24)25/h4-7,10-11H,8-9,12H2,1-3H3,(H,26,31). The van der Waals surface area contributed by atoms with Crippen LogP contribution in [0.2, 0.25) is 0 Å². The van der Waals surface area contributed by atoms with E-state index in [4.69, 9.17) is 4.52 Å². The molecule has 0 unspecified atom stereocenters. The molecule has 1 aromatic carbocycles. The SMILES string of the molecule is CC(C)(C)c1ccc(C(=O)NCCc2noc(-c3ccc(OCC(F)(F)F)nc3)n2)cc1[N+](=O)[O-]. The predicted molar refractivity (Wildman–Crippen MR) is 117 cm³/mol. The lowest BCUT2D eigenvalue weighted by Crippen LogP contribution is -2.26. The van der Waals surface area contributed by atoms with Gasteiger partial charge >= 0.3 is 6.18 Å². The van der Waals surface area contributed by atoms with E-state index in [2.05, 4.69) is 25.2 Å². The molecule has 0 aliphatic rings. The molecule has 2 aromatic heterocycles. The van der Waals surface area contributed by atoms with Gasteiger partial charge in [0.15, 0.2) is 12.4 Å². The van der Waals surface area contributed by atoms with Crippen molar-refractivity contribution in [1.82, 2.24) is 20.4 Å². The number of rotatable bonds is 8. The fourth-order valence-corrected chi connectivity index (χ4v) is 3.07. The number of aromatic nitrogens is 3. The molecule has 35 heavy (non-hydrogen) atoms. The predicted octanol–water partition coefficient (Wildman–Crippen LogP) is 4.25. The lowest BCUT2D eigenvalue weighted by molar-refractivity contribution is -0.386. The zero-order valence-corrected chi connectivity index (χ0v) is 19.0. The lowest BCUT2D eigenvalue weighted by Gasteiger charge is -2.19. The second kappa shape index (κ2) is 10.1. The van der Waals surface area contributed by atoms with Gasteiger partial charge in [0.1, 0.15) is 0 Å². The summed E-state index contributed by atoms with van der Waals surface area (Å²) in [4.78, 5) is 31.3. The van der Waals surface area contributed by atoms with Crippen LogP contribution in [0.5, 0.6) is 5.88 Å². The van der Waals surface area contributed by atoms with Crippen LogP contribution in [0.25, 0.3) is 11.5 Å². The molecule has 3 aromatic rings. The number of nitrogens with one attached hydrogen (secondary N) is 1. The van der Waals surface area contributed by atoms with Crippen LogP contribution in [0.1, 0.15) is 42.5 Å². The van der Waals surface area contributed by atoms with Gasteiger partial charge in [-0.15, -0.1) is 0 Å². The summed E-state index contributed by atoms with van der Waals surface area (Å²) in [5.41, 5.74) is 0.458.